The molecule has 2 aromatic rings. The highest BCUT2D eigenvalue weighted by Gasteiger charge is 2.32. The van der Waals surface area contributed by atoms with Crippen molar-refractivity contribution in [3.8, 4) is 5.75 Å². The third kappa shape index (κ3) is 5.02. The van der Waals surface area contributed by atoms with Crippen LogP contribution in [0, 0.1) is 5.92 Å². The third-order valence-corrected chi connectivity index (χ3v) is 6.82. The van der Waals surface area contributed by atoms with E-state index in [0.717, 1.165) is 0 Å². The Kier molecular flexibility index (Phi) is 6.66. The molecule has 0 atom stereocenters. The number of sulfonamides is 1. The van der Waals surface area contributed by atoms with Crippen molar-refractivity contribution in [2.75, 3.05) is 26.8 Å². The Morgan fingerprint density at radius 3 is 2.38 bits per heavy atom. The molecular formula is C21H23NO6S. The van der Waals surface area contributed by atoms with Crippen LogP contribution < -0.4 is 4.74 Å². The number of esters is 1. The first-order valence-corrected chi connectivity index (χ1v) is 10.7. The number of ketones is 1. The Morgan fingerprint density at radius 2 is 1.72 bits per heavy atom. The average Bonchev–Trinajstić information content (AvgIpc) is 2.78. The second-order valence-electron chi connectivity index (χ2n) is 6.75. The van der Waals surface area contributed by atoms with Crippen LogP contribution in [0.2, 0.25) is 0 Å². The summed E-state index contributed by atoms with van der Waals surface area (Å²) in [6.07, 6.45) is 0.719. The highest BCUT2D eigenvalue weighted by Crippen LogP contribution is 2.24. The summed E-state index contributed by atoms with van der Waals surface area (Å²) >= 11 is 0. The zero-order valence-corrected chi connectivity index (χ0v) is 16.9. The number of rotatable bonds is 7. The van der Waals surface area contributed by atoms with Gasteiger partial charge in [0.2, 0.25) is 10.0 Å². The van der Waals surface area contributed by atoms with Gasteiger partial charge in [0.15, 0.2) is 12.4 Å². The predicted octanol–water partition coefficient (Wildman–Crippen LogP) is 2.52. The Hall–Kier alpha value is -2.71. The molecule has 154 valence electrons. The number of hydrogen-bond donors (Lipinski definition) is 0. The summed E-state index contributed by atoms with van der Waals surface area (Å²) in [5.74, 6) is -0.663. The number of methoxy groups -OCH3 is 1. The van der Waals surface area contributed by atoms with E-state index in [1.807, 2.05) is 0 Å². The molecule has 7 nitrogen and oxygen atoms in total. The molecule has 1 saturated heterocycles. The number of ether oxygens (including phenoxy) is 2. The van der Waals surface area contributed by atoms with Crippen molar-refractivity contribution in [2.45, 2.75) is 17.7 Å². The first kappa shape index (κ1) is 21.0. The van der Waals surface area contributed by atoms with Gasteiger partial charge in [-0.3, -0.25) is 9.59 Å². The van der Waals surface area contributed by atoms with E-state index in [0.29, 0.717) is 24.2 Å². The molecule has 0 bridgehead atoms. The topological polar surface area (TPSA) is 90.0 Å². The summed E-state index contributed by atoms with van der Waals surface area (Å²) in [7, 11) is -2.06. The van der Waals surface area contributed by atoms with E-state index < -0.39 is 21.9 Å². The Morgan fingerprint density at radius 1 is 1.03 bits per heavy atom. The lowest BCUT2D eigenvalue weighted by Gasteiger charge is -2.30. The van der Waals surface area contributed by atoms with Crippen molar-refractivity contribution in [3.05, 3.63) is 60.2 Å². The van der Waals surface area contributed by atoms with Crippen LogP contribution in [0.15, 0.2) is 59.5 Å². The molecule has 0 aromatic heterocycles. The van der Waals surface area contributed by atoms with Gasteiger partial charge in [-0.25, -0.2) is 8.42 Å². The molecule has 2 aromatic carbocycles. The molecule has 0 radical (unpaired) electrons. The van der Waals surface area contributed by atoms with E-state index in [2.05, 4.69) is 0 Å². The fourth-order valence-corrected chi connectivity index (χ4v) is 4.70. The number of nitrogens with zero attached hydrogens (tertiary/aromatic N) is 1. The van der Waals surface area contributed by atoms with Gasteiger partial charge in [0.05, 0.1) is 17.9 Å². The fourth-order valence-electron chi connectivity index (χ4n) is 3.21. The van der Waals surface area contributed by atoms with Crippen molar-refractivity contribution in [3.63, 3.8) is 0 Å². The van der Waals surface area contributed by atoms with Crippen LogP contribution in [0.5, 0.6) is 5.75 Å². The Balaban J connectivity index is 1.52. The zero-order valence-electron chi connectivity index (χ0n) is 16.1. The molecule has 1 aliphatic heterocycles. The Bertz CT molecular complexity index is 966. The fraction of sp³-hybridized carbons (Fsp3) is 0.333. The number of hydrogen-bond acceptors (Lipinski definition) is 6. The molecule has 1 aliphatic rings. The van der Waals surface area contributed by atoms with Crippen molar-refractivity contribution in [2.24, 2.45) is 5.92 Å². The predicted molar refractivity (Wildman–Crippen MR) is 106 cm³/mol. The molecule has 0 spiro atoms. The summed E-state index contributed by atoms with van der Waals surface area (Å²) in [6, 6.07) is 14.9. The lowest BCUT2D eigenvalue weighted by atomic mass is 9.98. The summed E-state index contributed by atoms with van der Waals surface area (Å²) in [5, 5.41) is 0. The molecule has 0 amide bonds. The van der Waals surface area contributed by atoms with E-state index >= 15 is 0 Å². The number of piperidine rings is 1. The first-order chi connectivity index (χ1) is 13.9. The highest BCUT2D eigenvalue weighted by atomic mass is 32.2. The van der Waals surface area contributed by atoms with Gasteiger partial charge in [-0.2, -0.15) is 4.31 Å². The largest absolute Gasteiger partial charge is 0.497 e. The van der Waals surface area contributed by atoms with E-state index in [4.69, 9.17) is 9.47 Å². The molecule has 0 unspecified atom stereocenters. The minimum atomic E-state index is -3.56. The van der Waals surface area contributed by atoms with Gasteiger partial charge in [-0.05, 0) is 37.1 Å². The van der Waals surface area contributed by atoms with Gasteiger partial charge in [0, 0.05) is 18.7 Å². The van der Waals surface area contributed by atoms with E-state index in [9.17, 15) is 18.0 Å². The molecule has 0 aliphatic carbocycles. The van der Waals surface area contributed by atoms with Crippen LogP contribution in [-0.2, 0) is 19.6 Å². The van der Waals surface area contributed by atoms with Crippen molar-refractivity contribution < 1.29 is 27.5 Å². The second kappa shape index (κ2) is 9.19. The molecule has 29 heavy (non-hydrogen) atoms. The quantitative estimate of drug-likeness (QED) is 0.508. The van der Waals surface area contributed by atoms with Gasteiger partial charge in [-0.1, -0.05) is 30.3 Å². The average molecular weight is 417 g/mol. The molecule has 8 heteroatoms. The van der Waals surface area contributed by atoms with Crippen LogP contribution in [-0.4, -0.2) is 51.3 Å². The maximum Gasteiger partial charge on any atom is 0.309 e. The molecule has 1 fully saturated rings. The number of carbonyl (C=O) groups is 2. The van der Waals surface area contributed by atoms with Crippen molar-refractivity contribution in [1.29, 1.82) is 0 Å². The molecule has 0 N–H and O–H groups in total. The maximum atomic E-state index is 12.6. The van der Waals surface area contributed by atoms with Gasteiger partial charge < -0.3 is 9.47 Å². The SMILES string of the molecule is COc1cccc(C(=O)COC(=O)C2CCN(S(=O)(=O)c3ccccc3)CC2)c1. The summed E-state index contributed by atoms with van der Waals surface area (Å²) in [4.78, 5) is 24.8. The van der Waals surface area contributed by atoms with Gasteiger partial charge in [0.1, 0.15) is 5.75 Å². The normalized spacial score (nSPS) is 15.6. The first-order valence-electron chi connectivity index (χ1n) is 9.31. The van der Waals surface area contributed by atoms with E-state index in [1.54, 1.807) is 54.6 Å². The smallest absolute Gasteiger partial charge is 0.309 e. The minimum absolute atomic E-state index is 0.237. The van der Waals surface area contributed by atoms with Crippen LogP contribution >= 0.6 is 0 Å². The standard InChI is InChI=1S/C21H23NO6S/c1-27-18-7-5-6-17(14-18)20(23)15-28-21(24)16-10-12-22(13-11-16)29(25,26)19-8-3-2-4-9-19/h2-9,14,16H,10-13,15H2,1H3. The second-order valence-corrected chi connectivity index (χ2v) is 8.69. The number of carbonyl (C=O) groups excluding carboxylic acids is 2. The van der Waals surface area contributed by atoms with Crippen molar-refractivity contribution in [1.82, 2.24) is 4.31 Å². The molecule has 3 rings (SSSR count). The van der Waals surface area contributed by atoms with Gasteiger partial charge in [0.25, 0.3) is 0 Å². The highest BCUT2D eigenvalue weighted by molar-refractivity contribution is 7.89. The van der Waals surface area contributed by atoms with E-state index in [-0.39, 0.29) is 30.4 Å². The monoisotopic (exact) mass is 417 g/mol. The lowest BCUT2D eigenvalue weighted by Crippen LogP contribution is -2.40. The maximum absolute atomic E-state index is 12.6. The lowest BCUT2D eigenvalue weighted by molar-refractivity contribution is -0.148. The minimum Gasteiger partial charge on any atom is -0.497 e. The van der Waals surface area contributed by atoms with Crippen LogP contribution in [0.4, 0.5) is 0 Å². The summed E-state index contributed by atoms with van der Waals surface area (Å²) < 4.78 is 36.9. The number of Topliss-reactive ketones (excluding diaryl/α,β-unsaturated/α-hetero) is 1. The Labute approximate surface area is 170 Å². The van der Waals surface area contributed by atoms with Gasteiger partial charge in [-0.15, -0.1) is 0 Å². The molecular weight excluding hydrogens is 394 g/mol. The molecule has 1 heterocycles. The van der Waals surface area contributed by atoms with Crippen molar-refractivity contribution >= 4 is 21.8 Å². The van der Waals surface area contributed by atoms with Crippen LogP contribution in [0.1, 0.15) is 23.2 Å². The zero-order chi connectivity index (χ0) is 20.9. The molecule has 0 saturated carbocycles. The van der Waals surface area contributed by atoms with Gasteiger partial charge >= 0.3 is 5.97 Å². The third-order valence-electron chi connectivity index (χ3n) is 4.91. The number of benzene rings is 2. The summed E-state index contributed by atoms with van der Waals surface area (Å²) in [6.45, 7) is 0.121. The van der Waals surface area contributed by atoms with Crippen LogP contribution in [0.25, 0.3) is 0 Å². The van der Waals surface area contributed by atoms with Crippen LogP contribution in [0.3, 0.4) is 0 Å². The van der Waals surface area contributed by atoms with E-state index in [1.165, 1.54) is 11.4 Å². The summed E-state index contributed by atoms with van der Waals surface area (Å²) in [5.41, 5.74) is 0.404.